The molecule has 3 rings (SSSR count). The van der Waals surface area contributed by atoms with Crippen molar-refractivity contribution >= 4 is 40.5 Å². The minimum absolute atomic E-state index is 0.0393. The van der Waals surface area contributed by atoms with Gasteiger partial charge in [-0.2, -0.15) is 18.6 Å². The van der Waals surface area contributed by atoms with Crippen LogP contribution in [0.2, 0.25) is 15.1 Å². The standard InChI is InChI=1S/C20H16Cl3F2N3O3/c1-2-30-17-7-11(3-6-16(17)31-20(24)25)9-26-15-5-4-12(8-13(15)21)28-19(29)18(23)14(22)10-27-28/h3-8,10,20,26H,2,9H2,1H3. The van der Waals surface area contributed by atoms with Gasteiger partial charge in [0.2, 0.25) is 0 Å². The van der Waals surface area contributed by atoms with Crippen LogP contribution >= 0.6 is 34.8 Å². The van der Waals surface area contributed by atoms with Crippen LogP contribution in [0, 0.1) is 0 Å². The number of rotatable bonds is 8. The zero-order valence-corrected chi connectivity index (χ0v) is 18.3. The molecule has 0 amide bonds. The van der Waals surface area contributed by atoms with E-state index in [1.165, 1.54) is 12.3 Å². The number of halogens is 5. The maximum Gasteiger partial charge on any atom is 0.387 e. The van der Waals surface area contributed by atoms with Crippen molar-refractivity contribution in [2.24, 2.45) is 0 Å². The lowest BCUT2D eigenvalue weighted by atomic mass is 10.2. The molecule has 1 N–H and O–H groups in total. The number of nitrogens with zero attached hydrogens (tertiary/aromatic N) is 2. The lowest BCUT2D eigenvalue weighted by Crippen LogP contribution is -2.21. The Morgan fingerprint density at radius 2 is 1.87 bits per heavy atom. The van der Waals surface area contributed by atoms with Gasteiger partial charge in [-0.25, -0.2) is 0 Å². The number of benzene rings is 2. The quantitative estimate of drug-likeness (QED) is 0.432. The Bertz CT molecular complexity index is 1140. The maximum absolute atomic E-state index is 12.5. The maximum atomic E-state index is 12.5. The van der Waals surface area contributed by atoms with Crippen molar-refractivity contribution < 1.29 is 18.3 Å². The Balaban J connectivity index is 1.78. The Morgan fingerprint density at radius 3 is 2.55 bits per heavy atom. The van der Waals surface area contributed by atoms with Gasteiger partial charge < -0.3 is 14.8 Å². The normalized spacial score (nSPS) is 10.9. The number of hydrogen-bond donors (Lipinski definition) is 1. The third-order valence-corrected chi connectivity index (χ3v) is 5.14. The molecule has 0 fully saturated rings. The molecular formula is C20H16Cl3F2N3O3. The van der Waals surface area contributed by atoms with Gasteiger partial charge in [0.1, 0.15) is 5.02 Å². The lowest BCUT2D eigenvalue weighted by molar-refractivity contribution is -0.0514. The van der Waals surface area contributed by atoms with Gasteiger partial charge >= 0.3 is 6.61 Å². The predicted molar refractivity (Wildman–Crippen MR) is 116 cm³/mol. The van der Waals surface area contributed by atoms with Gasteiger partial charge in [-0.1, -0.05) is 40.9 Å². The molecule has 1 heterocycles. The molecule has 2 aromatic carbocycles. The summed E-state index contributed by atoms with van der Waals surface area (Å²) in [6.45, 7) is -0.574. The van der Waals surface area contributed by atoms with E-state index in [0.29, 0.717) is 29.5 Å². The van der Waals surface area contributed by atoms with Crippen molar-refractivity contribution in [3.63, 3.8) is 0 Å². The summed E-state index contributed by atoms with van der Waals surface area (Å²) >= 11 is 18.0. The average Bonchev–Trinajstić information content (AvgIpc) is 2.73. The van der Waals surface area contributed by atoms with Crippen molar-refractivity contribution in [2.75, 3.05) is 11.9 Å². The molecule has 31 heavy (non-hydrogen) atoms. The molecule has 1 aromatic heterocycles. The third kappa shape index (κ3) is 5.58. The number of alkyl halides is 2. The summed E-state index contributed by atoms with van der Waals surface area (Å²) in [5.41, 5.74) is 1.18. The molecule has 0 saturated carbocycles. The number of anilines is 1. The molecule has 0 atom stereocenters. The smallest absolute Gasteiger partial charge is 0.387 e. The fraction of sp³-hybridized carbons (Fsp3) is 0.200. The van der Waals surface area contributed by atoms with E-state index in [1.54, 1.807) is 37.3 Å². The molecular weight excluding hydrogens is 475 g/mol. The summed E-state index contributed by atoms with van der Waals surface area (Å²) in [6.07, 6.45) is 1.27. The summed E-state index contributed by atoms with van der Waals surface area (Å²) in [7, 11) is 0. The van der Waals surface area contributed by atoms with Crippen LogP contribution < -0.4 is 20.3 Å². The molecule has 11 heteroatoms. The Hall–Kier alpha value is -2.55. The highest BCUT2D eigenvalue weighted by molar-refractivity contribution is 6.41. The molecule has 0 aliphatic rings. The molecule has 0 unspecified atom stereocenters. The van der Waals surface area contributed by atoms with E-state index >= 15 is 0 Å². The summed E-state index contributed by atoms with van der Waals surface area (Å²) in [6, 6.07) is 9.52. The minimum Gasteiger partial charge on any atom is -0.490 e. The van der Waals surface area contributed by atoms with E-state index in [1.807, 2.05) is 0 Å². The molecule has 0 aliphatic carbocycles. The van der Waals surface area contributed by atoms with Crippen LogP contribution in [0.5, 0.6) is 11.5 Å². The number of ether oxygens (including phenoxy) is 2. The van der Waals surface area contributed by atoms with E-state index in [4.69, 9.17) is 39.5 Å². The van der Waals surface area contributed by atoms with E-state index in [9.17, 15) is 13.6 Å². The minimum atomic E-state index is -2.95. The SMILES string of the molecule is CCOc1cc(CNc2ccc(-n3ncc(Cl)c(Cl)c3=O)cc2Cl)ccc1OC(F)F. The van der Waals surface area contributed by atoms with Crippen LogP contribution in [0.4, 0.5) is 14.5 Å². The molecule has 6 nitrogen and oxygen atoms in total. The zero-order valence-electron chi connectivity index (χ0n) is 16.0. The van der Waals surface area contributed by atoms with E-state index in [0.717, 1.165) is 10.2 Å². The first-order valence-electron chi connectivity index (χ1n) is 8.97. The predicted octanol–water partition coefficient (Wildman–Crippen LogP) is 5.80. The highest BCUT2D eigenvalue weighted by Gasteiger charge is 2.13. The molecule has 0 radical (unpaired) electrons. The first-order valence-corrected chi connectivity index (χ1v) is 10.1. The molecule has 3 aromatic rings. The molecule has 0 spiro atoms. The van der Waals surface area contributed by atoms with Crippen LogP contribution in [0.3, 0.4) is 0 Å². The molecule has 0 bridgehead atoms. The Labute approximate surface area is 191 Å². The van der Waals surface area contributed by atoms with Gasteiger partial charge in [0.25, 0.3) is 5.56 Å². The monoisotopic (exact) mass is 489 g/mol. The summed E-state index contributed by atoms with van der Waals surface area (Å²) < 4.78 is 36.0. The molecule has 164 valence electrons. The van der Waals surface area contributed by atoms with E-state index < -0.39 is 12.2 Å². The van der Waals surface area contributed by atoms with Gasteiger partial charge in [-0.3, -0.25) is 4.79 Å². The van der Waals surface area contributed by atoms with Crippen molar-refractivity contribution in [1.29, 1.82) is 0 Å². The second-order valence-corrected chi connectivity index (χ2v) is 7.33. The van der Waals surface area contributed by atoms with Crippen LogP contribution in [0.1, 0.15) is 12.5 Å². The summed E-state index contributed by atoms with van der Waals surface area (Å²) in [5, 5.41) is 7.35. The van der Waals surface area contributed by atoms with Gasteiger partial charge in [0, 0.05) is 6.54 Å². The number of nitrogens with one attached hydrogen (secondary N) is 1. The highest BCUT2D eigenvalue weighted by atomic mass is 35.5. The van der Waals surface area contributed by atoms with Crippen molar-refractivity contribution in [1.82, 2.24) is 9.78 Å². The highest BCUT2D eigenvalue weighted by Crippen LogP contribution is 2.31. The van der Waals surface area contributed by atoms with Crippen molar-refractivity contribution in [3.05, 3.63) is 73.6 Å². The summed E-state index contributed by atoms with van der Waals surface area (Å²) in [5.74, 6) is 0.177. The van der Waals surface area contributed by atoms with Crippen molar-refractivity contribution in [2.45, 2.75) is 20.1 Å². The molecule has 0 aliphatic heterocycles. The van der Waals surface area contributed by atoms with Crippen LogP contribution in [0.15, 0.2) is 47.4 Å². The van der Waals surface area contributed by atoms with Crippen LogP contribution in [0.25, 0.3) is 5.69 Å². The average molecular weight is 491 g/mol. The zero-order chi connectivity index (χ0) is 22.5. The molecule has 0 saturated heterocycles. The Kier molecular flexibility index (Phi) is 7.59. The van der Waals surface area contributed by atoms with E-state index in [-0.39, 0.29) is 21.5 Å². The topological polar surface area (TPSA) is 65.4 Å². The van der Waals surface area contributed by atoms with Crippen LogP contribution in [-0.2, 0) is 6.54 Å². The van der Waals surface area contributed by atoms with Gasteiger partial charge in [-0.15, -0.1) is 0 Å². The second kappa shape index (κ2) is 10.2. The van der Waals surface area contributed by atoms with Crippen LogP contribution in [-0.4, -0.2) is 23.0 Å². The van der Waals surface area contributed by atoms with Gasteiger partial charge in [0.05, 0.1) is 34.2 Å². The number of aromatic nitrogens is 2. The third-order valence-electron chi connectivity index (χ3n) is 4.08. The lowest BCUT2D eigenvalue weighted by Gasteiger charge is -2.14. The first kappa shape index (κ1) is 23.1. The van der Waals surface area contributed by atoms with Gasteiger partial charge in [-0.05, 0) is 42.8 Å². The Morgan fingerprint density at radius 1 is 1.10 bits per heavy atom. The fourth-order valence-electron chi connectivity index (χ4n) is 2.70. The largest absolute Gasteiger partial charge is 0.490 e. The van der Waals surface area contributed by atoms with E-state index in [2.05, 4.69) is 15.2 Å². The second-order valence-electron chi connectivity index (χ2n) is 6.13. The first-order chi connectivity index (χ1) is 14.8. The fourth-order valence-corrected chi connectivity index (χ4v) is 3.19. The number of hydrogen-bond acceptors (Lipinski definition) is 5. The summed E-state index contributed by atoms with van der Waals surface area (Å²) in [4.78, 5) is 12.2. The van der Waals surface area contributed by atoms with Gasteiger partial charge in [0.15, 0.2) is 11.5 Å². The van der Waals surface area contributed by atoms with Crippen molar-refractivity contribution in [3.8, 4) is 17.2 Å².